The molecular weight excluding hydrogens is 282 g/mol. The van der Waals surface area contributed by atoms with Gasteiger partial charge in [-0.1, -0.05) is 12.1 Å². The molecule has 0 fully saturated rings. The molecule has 0 amide bonds. The Hall–Kier alpha value is -2.79. The molecule has 0 saturated carbocycles. The van der Waals surface area contributed by atoms with Crippen LogP contribution in [-0.4, -0.2) is 27.4 Å². The number of nitrogens with zero attached hydrogens (tertiary/aromatic N) is 1. The Kier molecular flexibility index (Phi) is 3.56. The Morgan fingerprint density at radius 3 is 2.45 bits per heavy atom. The van der Waals surface area contributed by atoms with Crippen LogP contribution in [-0.2, 0) is 0 Å². The van der Waals surface area contributed by atoms with Gasteiger partial charge < -0.3 is 20.1 Å². The highest BCUT2D eigenvalue weighted by Gasteiger charge is 2.17. The molecule has 2 aromatic carbocycles. The molecule has 5 heteroatoms. The van der Waals surface area contributed by atoms with E-state index >= 15 is 0 Å². The van der Waals surface area contributed by atoms with Gasteiger partial charge in [-0.15, -0.1) is 0 Å². The lowest BCUT2D eigenvalue weighted by atomic mass is 10.0. The largest absolute Gasteiger partial charge is 0.508 e. The van der Waals surface area contributed by atoms with E-state index in [1.54, 1.807) is 30.5 Å². The number of aliphatic hydroxyl groups excluding tert-OH is 1. The average molecular weight is 297 g/mol. The summed E-state index contributed by atoms with van der Waals surface area (Å²) >= 11 is 0. The van der Waals surface area contributed by atoms with E-state index in [9.17, 15) is 15.3 Å². The van der Waals surface area contributed by atoms with Gasteiger partial charge in [0.25, 0.3) is 0 Å². The zero-order valence-electron chi connectivity index (χ0n) is 11.9. The van der Waals surface area contributed by atoms with E-state index in [2.05, 4.69) is 4.98 Å². The van der Waals surface area contributed by atoms with Crippen molar-refractivity contribution in [2.75, 3.05) is 7.11 Å². The van der Waals surface area contributed by atoms with Gasteiger partial charge in [0.1, 0.15) is 11.9 Å². The van der Waals surface area contributed by atoms with Crippen molar-refractivity contribution < 1.29 is 20.1 Å². The summed E-state index contributed by atoms with van der Waals surface area (Å²) in [5, 5.41) is 31.3. The number of fused-ring (bicyclic) bond motifs is 1. The van der Waals surface area contributed by atoms with Crippen LogP contribution in [0.4, 0.5) is 0 Å². The van der Waals surface area contributed by atoms with Crippen LogP contribution >= 0.6 is 0 Å². The first-order valence-electron chi connectivity index (χ1n) is 6.73. The number of pyridine rings is 1. The first-order chi connectivity index (χ1) is 10.6. The third kappa shape index (κ3) is 2.42. The van der Waals surface area contributed by atoms with Crippen LogP contribution in [0, 0.1) is 0 Å². The number of rotatable bonds is 3. The summed E-state index contributed by atoms with van der Waals surface area (Å²) in [6, 6.07) is 11.3. The highest BCUT2D eigenvalue weighted by molar-refractivity contribution is 5.88. The number of phenols is 2. The smallest absolute Gasteiger partial charge is 0.161 e. The number of aliphatic hydroxyl groups is 1. The normalized spacial score (nSPS) is 12.3. The third-order valence-corrected chi connectivity index (χ3v) is 3.56. The lowest BCUT2D eigenvalue weighted by molar-refractivity contribution is 0.217. The van der Waals surface area contributed by atoms with Crippen LogP contribution in [0.15, 0.2) is 48.7 Å². The predicted molar refractivity (Wildman–Crippen MR) is 82.1 cm³/mol. The van der Waals surface area contributed by atoms with Crippen molar-refractivity contribution in [1.82, 2.24) is 4.98 Å². The molecule has 0 saturated heterocycles. The number of aromatic nitrogens is 1. The zero-order chi connectivity index (χ0) is 15.7. The van der Waals surface area contributed by atoms with Gasteiger partial charge in [-0.2, -0.15) is 0 Å². The van der Waals surface area contributed by atoms with Crippen molar-refractivity contribution >= 4 is 10.8 Å². The quantitative estimate of drug-likeness (QED) is 0.692. The lowest BCUT2D eigenvalue weighted by Crippen LogP contribution is -2.03. The summed E-state index contributed by atoms with van der Waals surface area (Å²) in [5.74, 6) is 0.482. The third-order valence-electron chi connectivity index (χ3n) is 3.56. The first kappa shape index (κ1) is 14.2. The Balaban J connectivity index is 2.14. The molecule has 0 bridgehead atoms. The maximum absolute atomic E-state index is 10.5. The summed E-state index contributed by atoms with van der Waals surface area (Å²) < 4.78 is 5.09. The lowest BCUT2D eigenvalue weighted by Gasteiger charge is -2.14. The van der Waals surface area contributed by atoms with Crippen molar-refractivity contribution in [3.8, 4) is 17.2 Å². The molecule has 0 unspecified atom stereocenters. The Bertz CT molecular complexity index is 815. The number of hydrogen-bond donors (Lipinski definition) is 3. The molecule has 5 nitrogen and oxygen atoms in total. The van der Waals surface area contributed by atoms with E-state index in [0.29, 0.717) is 22.4 Å². The molecule has 0 aliphatic carbocycles. The summed E-state index contributed by atoms with van der Waals surface area (Å²) in [7, 11) is 1.48. The number of ether oxygens (including phenoxy) is 1. The number of methoxy groups -OCH3 is 1. The highest BCUT2D eigenvalue weighted by atomic mass is 16.5. The summed E-state index contributed by atoms with van der Waals surface area (Å²) in [6.45, 7) is 0. The fraction of sp³-hybridized carbons (Fsp3) is 0.118. The number of benzene rings is 2. The Morgan fingerprint density at radius 1 is 1.05 bits per heavy atom. The second-order valence-corrected chi connectivity index (χ2v) is 4.94. The molecule has 1 atom stereocenters. The molecule has 112 valence electrons. The van der Waals surface area contributed by atoms with Gasteiger partial charge in [0.2, 0.25) is 0 Å². The minimum atomic E-state index is -0.961. The van der Waals surface area contributed by atoms with Crippen LogP contribution in [0.1, 0.15) is 17.4 Å². The van der Waals surface area contributed by atoms with Crippen molar-refractivity contribution in [1.29, 1.82) is 0 Å². The van der Waals surface area contributed by atoms with Crippen LogP contribution in [0.3, 0.4) is 0 Å². The van der Waals surface area contributed by atoms with Gasteiger partial charge in [-0.25, -0.2) is 0 Å². The molecule has 0 radical (unpaired) electrons. The van der Waals surface area contributed by atoms with Gasteiger partial charge >= 0.3 is 0 Å². The predicted octanol–water partition coefficient (Wildman–Crippen LogP) is 2.74. The van der Waals surface area contributed by atoms with Crippen LogP contribution < -0.4 is 4.74 Å². The van der Waals surface area contributed by atoms with Crippen molar-refractivity contribution in [3.63, 3.8) is 0 Å². The van der Waals surface area contributed by atoms with E-state index in [0.717, 1.165) is 5.39 Å². The molecular formula is C17H15NO4. The highest BCUT2D eigenvalue weighted by Crippen LogP contribution is 2.35. The molecule has 1 heterocycles. The standard InChI is InChI=1S/C17H15NO4/c1-22-15-8-11-6-7-18-16(13(11)9-14(15)20)17(21)10-2-4-12(19)5-3-10/h2-9,17,19-21H,1H3/t17-/m1/s1. The fourth-order valence-corrected chi connectivity index (χ4v) is 2.41. The van der Waals surface area contributed by atoms with Crippen LogP contribution in [0.25, 0.3) is 10.8 Å². The maximum Gasteiger partial charge on any atom is 0.161 e. The molecule has 0 aliphatic rings. The fourth-order valence-electron chi connectivity index (χ4n) is 2.41. The Labute approximate surface area is 127 Å². The molecule has 0 aliphatic heterocycles. The van der Waals surface area contributed by atoms with Crippen molar-refractivity contribution in [3.05, 3.63) is 59.9 Å². The van der Waals surface area contributed by atoms with Crippen molar-refractivity contribution in [2.45, 2.75) is 6.10 Å². The summed E-state index contributed by atoms with van der Waals surface area (Å²) in [5.41, 5.74) is 1.04. The zero-order valence-corrected chi connectivity index (χ0v) is 11.9. The van der Waals surface area contributed by atoms with E-state index < -0.39 is 6.10 Å². The monoisotopic (exact) mass is 297 g/mol. The number of phenolic OH excluding ortho intramolecular Hbond substituents is 2. The Morgan fingerprint density at radius 2 is 1.77 bits per heavy atom. The second kappa shape index (κ2) is 5.54. The second-order valence-electron chi connectivity index (χ2n) is 4.94. The van der Waals surface area contributed by atoms with Crippen LogP contribution in [0.5, 0.6) is 17.2 Å². The minimum absolute atomic E-state index is 0.0119. The van der Waals surface area contributed by atoms with E-state index in [1.165, 1.54) is 25.3 Å². The van der Waals surface area contributed by atoms with Gasteiger partial charge in [-0.3, -0.25) is 4.98 Å². The molecule has 3 aromatic rings. The molecule has 22 heavy (non-hydrogen) atoms. The minimum Gasteiger partial charge on any atom is -0.508 e. The maximum atomic E-state index is 10.5. The SMILES string of the molecule is COc1cc2ccnc([C@H](O)c3ccc(O)cc3)c2cc1O. The van der Waals surface area contributed by atoms with Crippen molar-refractivity contribution in [2.24, 2.45) is 0 Å². The number of hydrogen-bond acceptors (Lipinski definition) is 5. The van der Waals surface area contributed by atoms with E-state index in [1.807, 2.05) is 0 Å². The van der Waals surface area contributed by atoms with Gasteiger partial charge in [0, 0.05) is 11.6 Å². The van der Waals surface area contributed by atoms with E-state index in [4.69, 9.17) is 4.74 Å². The first-order valence-corrected chi connectivity index (χ1v) is 6.73. The molecule has 3 N–H and O–H groups in total. The molecule has 1 aromatic heterocycles. The van der Waals surface area contributed by atoms with Crippen LogP contribution in [0.2, 0.25) is 0 Å². The molecule has 0 spiro atoms. The summed E-state index contributed by atoms with van der Waals surface area (Å²) in [4.78, 5) is 4.24. The average Bonchev–Trinajstić information content (AvgIpc) is 2.53. The van der Waals surface area contributed by atoms with Gasteiger partial charge in [-0.05, 0) is 41.3 Å². The van der Waals surface area contributed by atoms with Gasteiger partial charge in [0.05, 0.1) is 12.8 Å². The molecule has 3 rings (SSSR count). The van der Waals surface area contributed by atoms with E-state index in [-0.39, 0.29) is 11.5 Å². The summed E-state index contributed by atoms with van der Waals surface area (Å²) in [6.07, 6.45) is 0.634. The van der Waals surface area contributed by atoms with Gasteiger partial charge in [0.15, 0.2) is 11.5 Å². The number of aromatic hydroxyl groups is 2. The topological polar surface area (TPSA) is 82.8 Å².